The van der Waals surface area contributed by atoms with Gasteiger partial charge in [0.2, 0.25) is 0 Å². The summed E-state index contributed by atoms with van der Waals surface area (Å²) in [4.78, 5) is 0. The van der Waals surface area contributed by atoms with E-state index in [0.717, 1.165) is 5.56 Å². The highest BCUT2D eigenvalue weighted by Crippen LogP contribution is 2.31. The van der Waals surface area contributed by atoms with Crippen molar-refractivity contribution in [2.75, 3.05) is 0 Å². The van der Waals surface area contributed by atoms with E-state index >= 15 is 0 Å². The van der Waals surface area contributed by atoms with Crippen LogP contribution in [0.2, 0.25) is 5.02 Å². The maximum absolute atomic E-state index is 10.1. The van der Waals surface area contributed by atoms with Gasteiger partial charge in [0.05, 0.1) is 0 Å². The van der Waals surface area contributed by atoms with Crippen molar-refractivity contribution < 1.29 is 10.2 Å². The Hall–Kier alpha value is -1.51. The molecule has 82 valence electrons. The second-order valence-electron chi connectivity index (χ2n) is 3.52. The molecule has 0 aromatic heterocycles. The van der Waals surface area contributed by atoms with Gasteiger partial charge < -0.3 is 10.2 Å². The summed E-state index contributed by atoms with van der Waals surface area (Å²) in [6.07, 6.45) is -0.861. The molecule has 0 aliphatic heterocycles. The van der Waals surface area contributed by atoms with Gasteiger partial charge in [0.15, 0.2) is 0 Å². The van der Waals surface area contributed by atoms with E-state index in [-0.39, 0.29) is 5.75 Å². The van der Waals surface area contributed by atoms with E-state index in [9.17, 15) is 10.2 Å². The van der Waals surface area contributed by atoms with Crippen LogP contribution in [-0.4, -0.2) is 10.2 Å². The molecule has 3 heteroatoms. The predicted molar refractivity (Wildman–Crippen MR) is 63.6 cm³/mol. The van der Waals surface area contributed by atoms with Gasteiger partial charge in [-0.15, -0.1) is 0 Å². The lowest BCUT2D eigenvalue weighted by molar-refractivity contribution is 0.215. The van der Waals surface area contributed by atoms with E-state index in [0.29, 0.717) is 10.6 Å². The molecule has 0 fully saturated rings. The van der Waals surface area contributed by atoms with Crippen molar-refractivity contribution in [3.05, 3.63) is 64.7 Å². The van der Waals surface area contributed by atoms with Crippen LogP contribution in [0.15, 0.2) is 48.5 Å². The van der Waals surface area contributed by atoms with Gasteiger partial charge in [0.1, 0.15) is 11.9 Å². The molecule has 0 radical (unpaired) electrons. The lowest BCUT2D eigenvalue weighted by atomic mass is 10.0. The van der Waals surface area contributed by atoms with Crippen molar-refractivity contribution in [1.82, 2.24) is 0 Å². The molecule has 0 spiro atoms. The number of aliphatic hydroxyl groups excluding tert-OH is 1. The number of rotatable bonds is 2. The molecule has 0 heterocycles. The van der Waals surface area contributed by atoms with Crippen molar-refractivity contribution >= 4 is 11.6 Å². The molecule has 0 aliphatic carbocycles. The molecule has 0 bridgehead atoms. The summed E-state index contributed by atoms with van der Waals surface area (Å²) in [6.45, 7) is 0. The molecular weight excluding hydrogens is 224 g/mol. The lowest BCUT2D eigenvalue weighted by Crippen LogP contribution is -1.99. The fourth-order valence-corrected chi connectivity index (χ4v) is 1.74. The highest BCUT2D eigenvalue weighted by Gasteiger charge is 2.14. The summed E-state index contributed by atoms with van der Waals surface area (Å²) >= 11 is 5.83. The Labute approximate surface area is 98.7 Å². The molecule has 1 atom stereocenters. The number of phenolic OH excluding ortho intramolecular Hbond substituents is 1. The second kappa shape index (κ2) is 4.56. The Bertz CT molecular complexity index is 483. The first-order valence-corrected chi connectivity index (χ1v) is 5.27. The van der Waals surface area contributed by atoms with Gasteiger partial charge >= 0.3 is 0 Å². The molecule has 2 aromatic rings. The number of halogens is 1. The molecule has 0 saturated heterocycles. The maximum atomic E-state index is 10.1. The average molecular weight is 235 g/mol. The van der Waals surface area contributed by atoms with Crippen LogP contribution in [0.4, 0.5) is 0 Å². The number of aliphatic hydroxyl groups is 1. The monoisotopic (exact) mass is 234 g/mol. The fraction of sp³-hybridized carbons (Fsp3) is 0.0769. The summed E-state index contributed by atoms with van der Waals surface area (Å²) in [5.41, 5.74) is 1.14. The minimum absolute atomic E-state index is 0.0424. The minimum Gasteiger partial charge on any atom is -0.508 e. The SMILES string of the molecule is Oc1ccc(Cl)cc1[C@H](O)c1ccccc1. The van der Waals surface area contributed by atoms with Crippen molar-refractivity contribution in [2.24, 2.45) is 0 Å². The Morgan fingerprint density at radius 1 is 1.00 bits per heavy atom. The molecular formula is C13H11ClO2. The summed E-state index contributed by atoms with van der Waals surface area (Å²) in [7, 11) is 0. The molecule has 0 amide bonds. The molecule has 0 saturated carbocycles. The number of hydrogen-bond acceptors (Lipinski definition) is 2. The Balaban J connectivity index is 2.41. The molecule has 2 aromatic carbocycles. The molecule has 0 aliphatic rings. The van der Waals surface area contributed by atoms with Gasteiger partial charge in [-0.1, -0.05) is 41.9 Å². The van der Waals surface area contributed by atoms with E-state index in [1.54, 1.807) is 24.3 Å². The number of phenols is 1. The quantitative estimate of drug-likeness (QED) is 0.838. The molecule has 16 heavy (non-hydrogen) atoms. The highest BCUT2D eigenvalue weighted by atomic mass is 35.5. The normalized spacial score (nSPS) is 12.4. The van der Waals surface area contributed by atoms with Crippen LogP contribution in [0.25, 0.3) is 0 Å². The van der Waals surface area contributed by atoms with E-state index in [4.69, 9.17) is 11.6 Å². The first-order chi connectivity index (χ1) is 7.68. The van der Waals surface area contributed by atoms with E-state index in [1.807, 2.05) is 18.2 Å². The third kappa shape index (κ3) is 2.18. The third-order valence-electron chi connectivity index (χ3n) is 2.40. The van der Waals surface area contributed by atoms with E-state index in [1.165, 1.54) is 6.07 Å². The van der Waals surface area contributed by atoms with Crippen LogP contribution in [0.1, 0.15) is 17.2 Å². The topological polar surface area (TPSA) is 40.5 Å². The second-order valence-corrected chi connectivity index (χ2v) is 3.95. The first-order valence-electron chi connectivity index (χ1n) is 4.90. The first kappa shape index (κ1) is 11.0. The van der Waals surface area contributed by atoms with Crippen LogP contribution in [-0.2, 0) is 0 Å². The Kier molecular flexibility index (Phi) is 3.13. The summed E-state index contributed by atoms with van der Waals surface area (Å²) in [6, 6.07) is 13.8. The molecule has 0 unspecified atom stereocenters. The minimum atomic E-state index is -0.861. The van der Waals surface area contributed by atoms with Gasteiger partial charge in [0, 0.05) is 10.6 Å². The Morgan fingerprint density at radius 3 is 2.38 bits per heavy atom. The average Bonchev–Trinajstić information content (AvgIpc) is 2.32. The Morgan fingerprint density at radius 2 is 1.69 bits per heavy atom. The van der Waals surface area contributed by atoms with Gasteiger partial charge in [-0.3, -0.25) is 0 Å². The number of hydrogen-bond donors (Lipinski definition) is 2. The van der Waals surface area contributed by atoms with Crippen LogP contribution in [0.5, 0.6) is 5.75 Å². The number of aromatic hydroxyl groups is 1. The van der Waals surface area contributed by atoms with Gasteiger partial charge in [-0.25, -0.2) is 0 Å². The zero-order chi connectivity index (χ0) is 11.5. The summed E-state index contributed by atoms with van der Waals surface area (Å²) in [5, 5.41) is 20.2. The van der Waals surface area contributed by atoms with E-state index < -0.39 is 6.10 Å². The lowest BCUT2D eigenvalue weighted by Gasteiger charge is -2.13. The standard InChI is InChI=1S/C13H11ClO2/c14-10-6-7-12(15)11(8-10)13(16)9-4-2-1-3-5-9/h1-8,13,15-16H/t13-/m1/s1. The largest absolute Gasteiger partial charge is 0.508 e. The summed E-state index contributed by atoms with van der Waals surface area (Å²) < 4.78 is 0. The zero-order valence-corrected chi connectivity index (χ0v) is 9.22. The maximum Gasteiger partial charge on any atom is 0.121 e. The van der Waals surface area contributed by atoms with Gasteiger partial charge in [-0.05, 0) is 23.8 Å². The molecule has 2 N–H and O–H groups in total. The molecule has 2 nitrogen and oxygen atoms in total. The van der Waals surface area contributed by atoms with Crippen molar-refractivity contribution in [3.63, 3.8) is 0 Å². The van der Waals surface area contributed by atoms with E-state index in [2.05, 4.69) is 0 Å². The zero-order valence-electron chi connectivity index (χ0n) is 8.47. The van der Waals surface area contributed by atoms with Crippen LogP contribution >= 0.6 is 11.6 Å². The van der Waals surface area contributed by atoms with Gasteiger partial charge in [0.25, 0.3) is 0 Å². The smallest absolute Gasteiger partial charge is 0.121 e. The van der Waals surface area contributed by atoms with Crippen molar-refractivity contribution in [2.45, 2.75) is 6.10 Å². The van der Waals surface area contributed by atoms with Crippen LogP contribution in [0.3, 0.4) is 0 Å². The van der Waals surface area contributed by atoms with Gasteiger partial charge in [-0.2, -0.15) is 0 Å². The molecule has 2 rings (SSSR count). The fourth-order valence-electron chi connectivity index (χ4n) is 1.56. The van der Waals surface area contributed by atoms with Crippen molar-refractivity contribution in [3.8, 4) is 5.75 Å². The number of benzene rings is 2. The third-order valence-corrected chi connectivity index (χ3v) is 2.63. The van der Waals surface area contributed by atoms with Crippen molar-refractivity contribution in [1.29, 1.82) is 0 Å². The predicted octanol–water partition coefficient (Wildman–Crippen LogP) is 3.13. The van der Waals surface area contributed by atoms with Crippen LogP contribution in [0, 0.1) is 0 Å². The van der Waals surface area contributed by atoms with Crippen LogP contribution < -0.4 is 0 Å². The summed E-state index contributed by atoms with van der Waals surface area (Å²) in [5.74, 6) is 0.0424. The highest BCUT2D eigenvalue weighted by molar-refractivity contribution is 6.30.